The van der Waals surface area contributed by atoms with Crippen LogP contribution < -0.4 is 0 Å². The Morgan fingerprint density at radius 1 is 1.39 bits per heavy atom. The van der Waals surface area contributed by atoms with Crippen LogP contribution in [0.15, 0.2) is 12.2 Å². The molecule has 1 rings (SSSR count). The lowest BCUT2D eigenvalue weighted by Crippen LogP contribution is -2.20. The summed E-state index contributed by atoms with van der Waals surface area (Å²) in [6.07, 6.45) is 12.7. The van der Waals surface area contributed by atoms with Crippen LogP contribution in [-0.2, 0) is 14.3 Å². The van der Waals surface area contributed by atoms with E-state index < -0.39 is 0 Å². The molecule has 104 valence electrons. The maximum atomic E-state index is 11.1. The van der Waals surface area contributed by atoms with Gasteiger partial charge in [-0.2, -0.15) is 0 Å². The van der Waals surface area contributed by atoms with E-state index in [9.17, 15) is 4.79 Å². The quantitative estimate of drug-likeness (QED) is 0.465. The van der Waals surface area contributed by atoms with Crippen LogP contribution in [0.2, 0.25) is 0 Å². The van der Waals surface area contributed by atoms with Crippen LogP contribution in [0.4, 0.5) is 0 Å². The van der Waals surface area contributed by atoms with Gasteiger partial charge in [0, 0.05) is 19.6 Å². The largest absolute Gasteiger partial charge is 0.459 e. The molecule has 18 heavy (non-hydrogen) atoms. The lowest BCUT2D eigenvalue weighted by Gasteiger charge is -2.20. The second kappa shape index (κ2) is 9.15. The third-order valence-corrected chi connectivity index (χ3v) is 3.45. The van der Waals surface area contributed by atoms with E-state index in [0.717, 1.165) is 32.1 Å². The molecule has 0 aliphatic carbocycles. The lowest BCUT2D eigenvalue weighted by molar-refractivity contribution is -0.144. The second-order valence-electron chi connectivity index (χ2n) is 4.98. The van der Waals surface area contributed by atoms with Crippen molar-refractivity contribution in [3.63, 3.8) is 0 Å². The summed E-state index contributed by atoms with van der Waals surface area (Å²) in [6, 6.07) is 0. The van der Waals surface area contributed by atoms with Gasteiger partial charge in [0.25, 0.3) is 0 Å². The molecule has 0 fully saturated rings. The average Bonchev–Trinajstić information content (AvgIpc) is 2.37. The smallest absolute Gasteiger partial charge is 0.330 e. The summed E-state index contributed by atoms with van der Waals surface area (Å²) in [5, 5.41) is 0. The van der Waals surface area contributed by atoms with E-state index >= 15 is 0 Å². The molecule has 0 aromatic carbocycles. The number of methoxy groups -OCH3 is 1. The monoisotopic (exact) mass is 254 g/mol. The molecule has 2 atom stereocenters. The molecule has 0 aromatic heterocycles. The fourth-order valence-electron chi connectivity index (χ4n) is 2.32. The van der Waals surface area contributed by atoms with Crippen molar-refractivity contribution in [1.82, 2.24) is 0 Å². The van der Waals surface area contributed by atoms with E-state index in [-0.39, 0.29) is 12.1 Å². The Kier molecular flexibility index (Phi) is 7.74. The predicted octanol–water partition coefficient (Wildman–Crippen LogP) is 3.62. The highest BCUT2D eigenvalue weighted by Gasteiger charge is 2.16. The molecular weight excluding hydrogens is 228 g/mol. The van der Waals surface area contributed by atoms with Crippen molar-refractivity contribution in [3.8, 4) is 0 Å². The van der Waals surface area contributed by atoms with Crippen molar-refractivity contribution in [1.29, 1.82) is 0 Å². The first-order chi connectivity index (χ1) is 8.76. The minimum absolute atomic E-state index is 0.0793. The molecule has 0 radical (unpaired) electrons. The fourth-order valence-corrected chi connectivity index (χ4v) is 2.32. The Morgan fingerprint density at radius 3 is 2.83 bits per heavy atom. The van der Waals surface area contributed by atoms with E-state index in [2.05, 4.69) is 6.92 Å². The number of rotatable bonds is 9. The van der Waals surface area contributed by atoms with Gasteiger partial charge in [-0.05, 0) is 25.7 Å². The second-order valence-corrected chi connectivity index (χ2v) is 4.98. The summed E-state index contributed by atoms with van der Waals surface area (Å²) in [6.45, 7) is 2.22. The maximum Gasteiger partial charge on any atom is 0.330 e. The number of cyclic esters (lactones) is 1. The average molecular weight is 254 g/mol. The highest BCUT2D eigenvalue weighted by molar-refractivity contribution is 5.82. The Balaban J connectivity index is 2.11. The first-order valence-corrected chi connectivity index (χ1v) is 7.16. The van der Waals surface area contributed by atoms with Gasteiger partial charge in [0.1, 0.15) is 6.10 Å². The minimum Gasteiger partial charge on any atom is -0.459 e. The molecule has 0 bridgehead atoms. The Bertz CT molecular complexity index is 260. The molecule has 0 N–H and O–H groups in total. The Labute approximate surface area is 111 Å². The summed E-state index contributed by atoms with van der Waals surface area (Å²) in [7, 11) is 1.79. The van der Waals surface area contributed by atoms with Crippen molar-refractivity contribution in [2.24, 2.45) is 0 Å². The zero-order valence-electron chi connectivity index (χ0n) is 11.7. The van der Waals surface area contributed by atoms with Gasteiger partial charge in [-0.25, -0.2) is 4.79 Å². The summed E-state index contributed by atoms with van der Waals surface area (Å²) < 4.78 is 10.7. The molecule has 1 aliphatic heterocycles. The van der Waals surface area contributed by atoms with Crippen molar-refractivity contribution < 1.29 is 14.3 Å². The van der Waals surface area contributed by atoms with Crippen molar-refractivity contribution in [2.75, 3.05) is 7.11 Å². The van der Waals surface area contributed by atoms with Crippen LogP contribution in [0, 0.1) is 0 Å². The highest BCUT2D eigenvalue weighted by atomic mass is 16.5. The molecule has 0 aromatic rings. The van der Waals surface area contributed by atoms with Crippen LogP contribution in [0.3, 0.4) is 0 Å². The van der Waals surface area contributed by atoms with E-state index in [1.807, 2.05) is 6.08 Å². The Hall–Kier alpha value is -0.830. The van der Waals surface area contributed by atoms with E-state index in [0.29, 0.717) is 6.10 Å². The van der Waals surface area contributed by atoms with E-state index in [1.165, 1.54) is 25.3 Å². The molecule has 3 heteroatoms. The first kappa shape index (κ1) is 15.2. The summed E-state index contributed by atoms with van der Waals surface area (Å²) >= 11 is 0. The number of hydrogen-bond acceptors (Lipinski definition) is 3. The van der Waals surface area contributed by atoms with Gasteiger partial charge >= 0.3 is 5.97 Å². The van der Waals surface area contributed by atoms with Gasteiger partial charge in [0.05, 0.1) is 6.10 Å². The zero-order valence-corrected chi connectivity index (χ0v) is 11.7. The van der Waals surface area contributed by atoms with Gasteiger partial charge in [0.2, 0.25) is 0 Å². The van der Waals surface area contributed by atoms with Crippen LogP contribution in [0.1, 0.15) is 58.3 Å². The molecular formula is C15H26O3. The van der Waals surface area contributed by atoms with Crippen molar-refractivity contribution in [3.05, 3.63) is 12.2 Å². The Morgan fingerprint density at radius 2 is 2.17 bits per heavy atom. The molecule has 0 spiro atoms. The van der Waals surface area contributed by atoms with Gasteiger partial charge in [-0.15, -0.1) is 0 Å². The highest BCUT2D eigenvalue weighted by Crippen LogP contribution is 2.17. The molecule has 1 heterocycles. The van der Waals surface area contributed by atoms with Crippen LogP contribution in [-0.4, -0.2) is 25.3 Å². The lowest BCUT2D eigenvalue weighted by atomic mass is 10.0. The SMILES string of the molecule is CCCCC[C@H](CCC[C@H]1CC=CC(=O)O1)OC. The maximum absolute atomic E-state index is 11.1. The molecule has 0 saturated carbocycles. The van der Waals surface area contributed by atoms with Gasteiger partial charge in [0.15, 0.2) is 0 Å². The number of carbonyl (C=O) groups is 1. The predicted molar refractivity (Wildman–Crippen MR) is 72.4 cm³/mol. The third-order valence-electron chi connectivity index (χ3n) is 3.45. The summed E-state index contributed by atoms with van der Waals surface area (Å²) in [5.74, 6) is -0.197. The van der Waals surface area contributed by atoms with E-state index in [1.54, 1.807) is 7.11 Å². The standard InChI is InChI=1S/C15H26O3/c1-3-4-5-8-13(17-2)9-6-10-14-11-7-12-15(16)18-14/h7,12-14H,3-6,8-11H2,1-2H3/t13-,14+/m1/s1. The first-order valence-electron chi connectivity index (χ1n) is 7.16. The van der Waals surface area contributed by atoms with Crippen LogP contribution in [0.25, 0.3) is 0 Å². The van der Waals surface area contributed by atoms with Gasteiger partial charge < -0.3 is 9.47 Å². The number of carbonyl (C=O) groups excluding carboxylic acids is 1. The summed E-state index contributed by atoms with van der Waals surface area (Å²) in [4.78, 5) is 11.1. The topological polar surface area (TPSA) is 35.5 Å². The normalized spacial score (nSPS) is 20.8. The summed E-state index contributed by atoms with van der Waals surface area (Å²) in [5.41, 5.74) is 0. The minimum atomic E-state index is -0.197. The number of esters is 1. The fraction of sp³-hybridized carbons (Fsp3) is 0.800. The third kappa shape index (κ3) is 6.20. The molecule has 0 unspecified atom stereocenters. The van der Waals surface area contributed by atoms with E-state index in [4.69, 9.17) is 9.47 Å². The molecule has 0 amide bonds. The van der Waals surface area contributed by atoms with Crippen molar-refractivity contribution >= 4 is 5.97 Å². The zero-order chi connectivity index (χ0) is 13.2. The number of ether oxygens (including phenoxy) is 2. The van der Waals surface area contributed by atoms with Gasteiger partial charge in [-0.1, -0.05) is 32.3 Å². The molecule has 0 saturated heterocycles. The van der Waals surface area contributed by atoms with Gasteiger partial charge in [-0.3, -0.25) is 0 Å². The van der Waals surface area contributed by atoms with Crippen molar-refractivity contribution in [2.45, 2.75) is 70.5 Å². The molecule has 3 nitrogen and oxygen atoms in total. The number of hydrogen-bond donors (Lipinski definition) is 0. The van der Waals surface area contributed by atoms with Crippen LogP contribution >= 0.6 is 0 Å². The molecule has 1 aliphatic rings. The van der Waals surface area contributed by atoms with Crippen LogP contribution in [0.5, 0.6) is 0 Å². The number of unbranched alkanes of at least 4 members (excludes halogenated alkanes) is 2.